The van der Waals surface area contributed by atoms with Crippen molar-refractivity contribution in [3.63, 3.8) is 0 Å². The molecule has 0 saturated carbocycles. The monoisotopic (exact) mass is 382 g/mol. The van der Waals surface area contributed by atoms with E-state index < -0.39 is 0 Å². The Hall–Kier alpha value is -1.78. The molecule has 0 aromatic heterocycles. The SMILES string of the molecule is CC(C)Sc1ccccc1C(=O)NCc1ccc(CN2CCCCC2)cc1. The zero-order valence-corrected chi connectivity index (χ0v) is 17.2. The average molecular weight is 383 g/mol. The Morgan fingerprint density at radius 1 is 1.00 bits per heavy atom. The number of hydrogen-bond donors (Lipinski definition) is 1. The lowest BCUT2D eigenvalue weighted by Crippen LogP contribution is -2.29. The third kappa shape index (κ3) is 6.12. The normalized spacial score (nSPS) is 15.1. The Labute approximate surface area is 167 Å². The fraction of sp³-hybridized carbons (Fsp3) is 0.435. The van der Waals surface area contributed by atoms with Gasteiger partial charge in [0.15, 0.2) is 0 Å². The first-order valence-electron chi connectivity index (χ1n) is 9.96. The quantitative estimate of drug-likeness (QED) is 0.676. The summed E-state index contributed by atoms with van der Waals surface area (Å²) in [7, 11) is 0. The van der Waals surface area contributed by atoms with Gasteiger partial charge in [-0.05, 0) is 49.2 Å². The van der Waals surface area contributed by atoms with Crippen LogP contribution in [0.5, 0.6) is 0 Å². The molecule has 0 spiro atoms. The van der Waals surface area contributed by atoms with Crippen LogP contribution in [-0.2, 0) is 13.1 Å². The molecule has 1 fully saturated rings. The fourth-order valence-corrected chi connectivity index (χ4v) is 4.38. The van der Waals surface area contributed by atoms with E-state index in [0.717, 1.165) is 22.6 Å². The van der Waals surface area contributed by atoms with Crippen LogP contribution in [0.2, 0.25) is 0 Å². The summed E-state index contributed by atoms with van der Waals surface area (Å²) in [5, 5.41) is 3.52. The number of nitrogens with zero attached hydrogens (tertiary/aromatic N) is 1. The van der Waals surface area contributed by atoms with E-state index in [1.165, 1.54) is 37.9 Å². The lowest BCUT2D eigenvalue weighted by molar-refractivity contribution is 0.0948. The first-order valence-corrected chi connectivity index (χ1v) is 10.8. The number of thioether (sulfide) groups is 1. The van der Waals surface area contributed by atoms with Crippen molar-refractivity contribution in [1.82, 2.24) is 10.2 Å². The van der Waals surface area contributed by atoms with Gasteiger partial charge in [-0.2, -0.15) is 0 Å². The largest absolute Gasteiger partial charge is 0.348 e. The Bertz CT molecular complexity index is 736. The minimum Gasteiger partial charge on any atom is -0.348 e. The maximum Gasteiger partial charge on any atom is 0.252 e. The number of benzene rings is 2. The maximum atomic E-state index is 12.6. The van der Waals surface area contributed by atoms with Gasteiger partial charge in [-0.1, -0.05) is 56.7 Å². The third-order valence-electron chi connectivity index (χ3n) is 4.83. The van der Waals surface area contributed by atoms with Gasteiger partial charge in [0.25, 0.3) is 5.91 Å². The van der Waals surface area contributed by atoms with E-state index in [0.29, 0.717) is 11.8 Å². The number of nitrogens with one attached hydrogen (secondary N) is 1. The first kappa shape index (κ1) is 20.0. The molecule has 3 nitrogen and oxygen atoms in total. The molecule has 27 heavy (non-hydrogen) atoms. The van der Waals surface area contributed by atoms with Gasteiger partial charge in [-0.3, -0.25) is 9.69 Å². The molecule has 1 heterocycles. The molecule has 3 rings (SSSR count). The standard InChI is InChI=1S/C23H30N2OS/c1-18(2)27-22-9-5-4-8-21(22)23(26)24-16-19-10-12-20(13-11-19)17-25-14-6-3-7-15-25/h4-5,8-13,18H,3,6-7,14-17H2,1-2H3,(H,24,26). The predicted octanol–water partition coefficient (Wildman–Crippen LogP) is 5.10. The van der Waals surface area contributed by atoms with Gasteiger partial charge in [0.2, 0.25) is 0 Å². The topological polar surface area (TPSA) is 32.3 Å². The summed E-state index contributed by atoms with van der Waals surface area (Å²) in [5.41, 5.74) is 3.25. The lowest BCUT2D eigenvalue weighted by atomic mass is 10.1. The molecule has 1 aliphatic rings. The molecule has 144 valence electrons. The number of piperidine rings is 1. The van der Waals surface area contributed by atoms with Crippen molar-refractivity contribution in [3.05, 3.63) is 65.2 Å². The van der Waals surface area contributed by atoms with Crippen LogP contribution in [0.15, 0.2) is 53.4 Å². The van der Waals surface area contributed by atoms with E-state index >= 15 is 0 Å². The van der Waals surface area contributed by atoms with Crippen molar-refractivity contribution in [1.29, 1.82) is 0 Å². The Morgan fingerprint density at radius 2 is 1.67 bits per heavy atom. The highest BCUT2D eigenvalue weighted by Crippen LogP contribution is 2.26. The third-order valence-corrected chi connectivity index (χ3v) is 5.91. The van der Waals surface area contributed by atoms with E-state index in [-0.39, 0.29) is 5.91 Å². The molecule has 1 N–H and O–H groups in total. The molecule has 4 heteroatoms. The van der Waals surface area contributed by atoms with Crippen LogP contribution >= 0.6 is 11.8 Å². The number of carbonyl (C=O) groups excluding carboxylic acids is 1. The van der Waals surface area contributed by atoms with Gasteiger partial charge in [0.05, 0.1) is 5.56 Å². The molecule has 0 unspecified atom stereocenters. The molecule has 1 saturated heterocycles. The Balaban J connectivity index is 1.54. The van der Waals surface area contributed by atoms with E-state index in [1.54, 1.807) is 11.8 Å². The molecule has 2 aromatic carbocycles. The number of rotatable bonds is 7. The summed E-state index contributed by atoms with van der Waals surface area (Å²) in [6, 6.07) is 16.5. The smallest absolute Gasteiger partial charge is 0.252 e. The second-order valence-electron chi connectivity index (χ2n) is 7.50. The van der Waals surface area contributed by atoms with E-state index in [2.05, 4.69) is 48.3 Å². The van der Waals surface area contributed by atoms with E-state index in [9.17, 15) is 4.79 Å². The highest BCUT2D eigenvalue weighted by atomic mass is 32.2. The number of carbonyl (C=O) groups is 1. The van der Waals surface area contributed by atoms with Gasteiger partial charge in [0.1, 0.15) is 0 Å². The van der Waals surface area contributed by atoms with Crippen LogP contribution in [0.25, 0.3) is 0 Å². The highest BCUT2D eigenvalue weighted by Gasteiger charge is 2.13. The molecule has 0 bridgehead atoms. The van der Waals surface area contributed by atoms with Crippen molar-refractivity contribution in [2.75, 3.05) is 13.1 Å². The van der Waals surface area contributed by atoms with Crippen molar-refractivity contribution in [2.24, 2.45) is 0 Å². The van der Waals surface area contributed by atoms with Crippen molar-refractivity contribution in [2.45, 2.75) is 56.3 Å². The van der Waals surface area contributed by atoms with Crippen LogP contribution in [-0.4, -0.2) is 29.1 Å². The lowest BCUT2D eigenvalue weighted by Gasteiger charge is -2.26. The maximum absolute atomic E-state index is 12.6. The second-order valence-corrected chi connectivity index (χ2v) is 9.12. The van der Waals surface area contributed by atoms with E-state index in [1.807, 2.05) is 24.3 Å². The van der Waals surface area contributed by atoms with Crippen molar-refractivity contribution < 1.29 is 4.79 Å². The molecule has 0 aliphatic carbocycles. The molecule has 0 atom stereocenters. The Morgan fingerprint density at radius 3 is 2.37 bits per heavy atom. The molecule has 2 aromatic rings. The molecule has 1 amide bonds. The van der Waals surface area contributed by atoms with E-state index in [4.69, 9.17) is 0 Å². The van der Waals surface area contributed by atoms with Crippen LogP contribution in [0.3, 0.4) is 0 Å². The van der Waals surface area contributed by atoms with Crippen LogP contribution in [0, 0.1) is 0 Å². The molecular weight excluding hydrogens is 352 g/mol. The number of amides is 1. The molecule has 1 aliphatic heterocycles. The van der Waals surface area contributed by atoms with Crippen molar-refractivity contribution in [3.8, 4) is 0 Å². The summed E-state index contributed by atoms with van der Waals surface area (Å²) in [6.45, 7) is 8.31. The highest BCUT2D eigenvalue weighted by molar-refractivity contribution is 8.00. The zero-order chi connectivity index (χ0) is 19.1. The first-order chi connectivity index (χ1) is 13.1. The summed E-state index contributed by atoms with van der Waals surface area (Å²) < 4.78 is 0. The zero-order valence-electron chi connectivity index (χ0n) is 16.4. The summed E-state index contributed by atoms with van der Waals surface area (Å²) >= 11 is 1.73. The van der Waals surface area contributed by atoms with Gasteiger partial charge in [-0.15, -0.1) is 11.8 Å². The average Bonchev–Trinajstić information content (AvgIpc) is 2.68. The second kappa shape index (κ2) is 9.95. The van der Waals surface area contributed by atoms with Gasteiger partial charge in [0, 0.05) is 23.2 Å². The van der Waals surface area contributed by atoms with Gasteiger partial charge < -0.3 is 5.32 Å². The van der Waals surface area contributed by atoms with Crippen LogP contribution in [0.1, 0.15) is 54.6 Å². The Kier molecular flexibility index (Phi) is 7.36. The number of hydrogen-bond acceptors (Lipinski definition) is 3. The summed E-state index contributed by atoms with van der Waals surface area (Å²) in [5.74, 6) is -0.00357. The van der Waals surface area contributed by atoms with Crippen molar-refractivity contribution >= 4 is 17.7 Å². The summed E-state index contributed by atoms with van der Waals surface area (Å²) in [4.78, 5) is 16.2. The molecule has 0 radical (unpaired) electrons. The van der Waals surface area contributed by atoms with Crippen LogP contribution in [0.4, 0.5) is 0 Å². The minimum atomic E-state index is -0.00357. The molecular formula is C23H30N2OS. The number of likely N-dealkylation sites (tertiary alicyclic amines) is 1. The summed E-state index contributed by atoms with van der Waals surface area (Å²) in [6.07, 6.45) is 4.01. The minimum absolute atomic E-state index is 0.00357. The fourth-order valence-electron chi connectivity index (χ4n) is 3.43. The predicted molar refractivity (Wildman–Crippen MR) is 114 cm³/mol. The van der Waals surface area contributed by atoms with Gasteiger partial charge in [-0.25, -0.2) is 0 Å². The van der Waals surface area contributed by atoms with Gasteiger partial charge >= 0.3 is 0 Å². The van der Waals surface area contributed by atoms with Crippen LogP contribution < -0.4 is 5.32 Å².